The van der Waals surface area contributed by atoms with E-state index in [4.69, 9.17) is 4.74 Å². The third-order valence-corrected chi connectivity index (χ3v) is 3.74. The van der Waals surface area contributed by atoms with E-state index >= 15 is 0 Å². The zero-order valence-electron chi connectivity index (χ0n) is 13.1. The summed E-state index contributed by atoms with van der Waals surface area (Å²) in [6.45, 7) is 7.39. The van der Waals surface area contributed by atoms with E-state index in [2.05, 4.69) is 39.2 Å². The molecule has 0 aromatic carbocycles. The summed E-state index contributed by atoms with van der Waals surface area (Å²) < 4.78 is 5.56. The van der Waals surface area contributed by atoms with Gasteiger partial charge < -0.3 is 15.0 Å². The Morgan fingerprint density at radius 2 is 2.23 bits per heavy atom. The van der Waals surface area contributed by atoms with Crippen molar-refractivity contribution in [3.8, 4) is 0 Å². The topological polar surface area (TPSA) is 50.3 Å². The molecule has 0 bridgehead atoms. The van der Waals surface area contributed by atoms with Crippen molar-refractivity contribution in [2.45, 2.75) is 26.5 Å². The monoisotopic (exact) mass is 298 g/mol. The minimum Gasteiger partial charge on any atom is -0.375 e. The van der Waals surface area contributed by atoms with Crippen LogP contribution in [0.5, 0.6) is 0 Å². The lowest BCUT2D eigenvalue weighted by Crippen LogP contribution is -2.41. The van der Waals surface area contributed by atoms with Crippen LogP contribution < -0.4 is 10.2 Å². The van der Waals surface area contributed by atoms with Crippen LogP contribution >= 0.6 is 0 Å². The lowest BCUT2D eigenvalue weighted by molar-refractivity contribution is 0.0529. The molecule has 2 aromatic heterocycles. The summed E-state index contributed by atoms with van der Waals surface area (Å²) in [6.07, 6.45) is 2.20. The smallest absolute Gasteiger partial charge is 0.128 e. The molecule has 1 atom stereocenters. The van der Waals surface area contributed by atoms with Crippen molar-refractivity contribution in [1.82, 2.24) is 9.97 Å². The van der Waals surface area contributed by atoms with E-state index in [1.165, 1.54) is 0 Å². The Morgan fingerprint density at radius 1 is 1.32 bits per heavy atom. The van der Waals surface area contributed by atoms with Crippen molar-refractivity contribution in [2.24, 2.45) is 0 Å². The molecule has 22 heavy (non-hydrogen) atoms. The van der Waals surface area contributed by atoms with Gasteiger partial charge in [0.1, 0.15) is 11.6 Å². The first-order valence-electron chi connectivity index (χ1n) is 7.70. The lowest BCUT2D eigenvalue weighted by Gasteiger charge is -2.32. The number of anilines is 2. The maximum atomic E-state index is 5.56. The molecule has 3 heterocycles. The SMILES string of the molecule is Cc1cccc(NCc2ccc(N3CCOC(C)C3)nc2)n1. The highest BCUT2D eigenvalue weighted by molar-refractivity contribution is 5.41. The van der Waals surface area contributed by atoms with E-state index in [-0.39, 0.29) is 6.10 Å². The first kappa shape index (κ1) is 14.8. The molecule has 2 aromatic rings. The van der Waals surface area contributed by atoms with Crippen LogP contribution in [0.15, 0.2) is 36.5 Å². The van der Waals surface area contributed by atoms with E-state index in [1.54, 1.807) is 0 Å². The number of pyridine rings is 2. The molecule has 1 fully saturated rings. The molecule has 0 amide bonds. The standard InChI is InChI=1S/C17H22N4O/c1-13-4-3-5-16(20-13)18-10-15-6-7-17(19-11-15)21-8-9-22-14(2)12-21/h3-7,11,14H,8-10,12H2,1-2H3,(H,18,20). The van der Waals surface area contributed by atoms with Crippen LogP contribution in [0.2, 0.25) is 0 Å². The van der Waals surface area contributed by atoms with Gasteiger partial charge in [-0.25, -0.2) is 9.97 Å². The molecule has 5 heteroatoms. The van der Waals surface area contributed by atoms with E-state index < -0.39 is 0 Å². The predicted molar refractivity (Wildman–Crippen MR) is 88.2 cm³/mol. The number of nitrogens with zero attached hydrogens (tertiary/aromatic N) is 3. The largest absolute Gasteiger partial charge is 0.375 e. The molecule has 0 saturated carbocycles. The van der Waals surface area contributed by atoms with Crippen LogP contribution in [-0.4, -0.2) is 35.8 Å². The van der Waals surface area contributed by atoms with Gasteiger partial charge in [0.05, 0.1) is 12.7 Å². The number of hydrogen-bond acceptors (Lipinski definition) is 5. The zero-order valence-corrected chi connectivity index (χ0v) is 13.1. The van der Waals surface area contributed by atoms with Crippen molar-refractivity contribution >= 4 is 11.6 Å². The molecule has 0 spiro atoms. The summed E-state index contributed by atoms with van der Waals surface area (Å²) in [6, 6.07) is 10.2. The van der Waals surface area contributed by atoms with Gasteiger partial charge in [0.25, 0.3) is 0 Å². The van der Waals surface area contributed by atoms with Crippen LogP contribution in [0.4, 0.5) is 11.6 Å². The molecule has 1 aliphatic heterocycles. The average molecular weight is 298 g/mol. The minimum atomic E-state index is 0.268. The van der Waals surface area contributed by atoms with Crippen molar-refractivity contribution in [3.63, 3.8) is 0 Å². The number of morpholine rings is 1. The molecule has 5 nitrogen and oxygen atoms in total. The predicted octanol–water partition coefficient (Wildman–Crippen LogP) is 2.62. The first-order valence-corrected chi connectivity index (χ1v) is 7.70. The highest BCUT2D eigenvalue weighted by Gasteiger charge is 2.17. The van der Waals surface area contributed by atoms with Gasteiger partial charge in [-0.1, -0.05) is 12.1 Å². The fraction of sp³-hybridized carbons (Fsp3) is 0.412. The molecule has 1 N–H and O–H groups in total. The van der Waals surface area contributed by atoms with Gasteiger partial charge in [0, 0.05) is 31.5 Å². The number of nitrogens with one attached hydrogen (secondary N) is 1. The van der Waals surface area contributed by atoms with Crippen LogP contribution in [0, 0.1) is 6.92 Å². The minimum absolute atomic E-state index is 0.268. The first-order chi connectivity index (χ1) is 10.7. The molecule has 1 aliphatic rings. The van der Waals surface area contributed by atoms with Crippen LogP contribution in [-0.2, 0) is 11.3 Å². The Bertz CT molecular complexity index is 614. The Labute approximate surface area is 131 Å². The van der Waals surface area contributed by atoms with Gasteiger partial charge in [-0.2, -0.15) is 0 Å². The summed E-state index contributed by atoms with van der Waals surface area (Å²) >= 11 is 0. The van der Waals surface area contributed by atoms with Gasteiger partial charge in [-0.3, -0.25) is 0 Å². The summed E-state index contributed by atoms with van der Waals surface area (Å²) in [4.78, 5) is 11.3. The highest BCUT2D eigenvalue weighted by Crippen LogP contribution is 2.16. The third-order valence-electron chi connectivity index (χ3n) is 3.74. The molecular weight excluding hydrogens is 276 g/mol. The maximum absolute atomic E-state index is 5.56. The molecule has 1 unspecified atom stereocenters. The average Bonchev–Trinajstić information content (AvgIpc) is 2.54. The number of rotatable bonds is 4. The quantitative estimate of drug-likeness (QED) is 0.940. The van der Waals surface area contributed by atoms with E-state index in [0.29, 0.717) is 0 Å². The second kappa shape index (κ2) is 6.75. The summed E-state index contributed by atoms with van der Waals surface area (Å²) in [5, 5.41) is 3.32. The Kier molecular flexibility index (Phi) is 4.53. The second-order valence-corrected chi connectivity index (χ2v) is 5.67. The fourth-order valence-corrected chi connectivity index (χ4v) is 2.57. The van der Waals surface area contributed by atoms with E-state index in [0.717, 1.165) is 49.1 Å². The Morgan fingerprint density at radius 3 is 2.95 bits per heavy atom. The van der Waals surface area contributed by atoms with Crippen molar-refractivity contribution in [3.05, 3.63) is 47.8 Å². The van der Waals surface area contributed by atoms with Crippen molar-refractivity contribution in [1.29, 1.82) is 0 Å². The second-order valence-electron chi connectivity index (χ2n) is 5.67. The normalized spacial score (nSPS) is 18.3. The molecule has 0 radical (unpaired) electrons. The molecular formula is C17H22N4O. The van der Waals surface area contributed by atoms with Crippen LogP contribution in [0.3, 0.4) is 0 Å². The van der Waals surface area contributed by atoms with Crippen LogP contribution in [0.1, 0.15) is 18.2 Å². The van der Waals surface area contributed by atoms with Gasteiger partial charge >= 0.3 is 0 Å². The fourth-order valence-electron chi connectivity index (χ4n) is 2.57. The highest BCUT2D eigenvalue weighted by atomic mass is 16.5. The molecule has 1 saturated heterocycles. The molecule has 3 rings (SSSR count). The summed E-state index contributed by atoms with van der Waals surface area (Å²) in [5.41, 5.74) is 2.16. The number of aromatic nitrogens is 2. The zero-order chi connectivity index (χ0) is 15.4. The number of ether oxygens (including phenoxy) is 1. The Hall–Kier alpha value is -2.14. The lowest BCUT2D eigenvalue weighted by atomic mass is 10.2. The van der Waals surface area contributed by atoms with Gasteiger partial charge in [-0.05, 0) is 37.6 Å². The molecule has 116 valence electrons. The number of aryl methyl sites for hydroxylation is 1. The molecule has 0 aliphatic carbocycles. The van der Waals surface area contributed by atoms with Gasteiger partial charge in [0.2, 0.25) is 0 Å². The maximum Gasteiger partial charge on any atom is 0.128 e. The van der Waals surface area contributed by atoms with E-state index in [1.807, 2.05) is 31.3 Å². The van der Waals surface area contributed by atoms with Gasteiger partial charge in [-0.15, -0.1) is 0 Å². The van der Waals surface area contributed by atoms with Crippen molar-refractivity contribution < 1.29 is 4.74 Å². The summed E-state index contributed by atoms with van der Waals surface area (Å²) in [5.74, 6) is 1.92. The van der Waals surface area contributed by atoms with Crippen LogP contribution in [0.25, 0.3) is 0 Å². The van der Waals surface area contributed by atoms with Crippen molar-refractivity contribution in [2.75, 3.05) is 29.9 Å². The Balaban J connectivity index is 1.59. The third kappa shape index (κ3) is 3.74. The van der Waals surface area contributed by atoms with Gasteiger partial charge in [0.15, 0.2) is 0 Å². The number of hydrogen-bond donors (Lipinski definition) is 1. The van der Waals surface area contributed by atoms with E-state index in [9.17, 15) is 0 Å². The summed E-state index contributed by atoms with van der Waals surface area (Å²) in [7, 11) is 0.